The van der Waals surface area contributed by atoms with Gasteiger partial charge in [0.25, 0.3) is 0 Å². The Bertz CT molecular complexity index is 1160. The highest BCUT2D eigenvalue weighted by atomic mass is 32.2. The summed E-state index contributed by atoms with van der Waals surface area (Å²) in [4.78, 5) is 25.4. The highest BCUT2D eigenvalue weighted by molar-refractivity contribution is 7.99. The van der Waals surface area contributed by atoms with Crippen molar-refractivity contribution in [2.75, 3.05) is 46.6 Å². The van der Waals surface area contributed by atoms with E-state index in [-0.39, 0.29) is 18.4 Å². The first-order valence-electron chi connectivity index (χ1n) is 13.0. The lowest BCUT2D eigenvalue weighted by molar-refractivity contribution is -0.139. The van der Waals surface area contributed by atoms with Crippen LogP contribution in [0.25, 0.3) is 10.9 Å². The fourth-order valence-corrected chi connectivity index (χ4v) is 6.40. The number of nitrogens with zero attached hydrogens (tertiary/aromatic N) is 4. The number of aromatic nitrogens is 2. The van der Waals surface area contributed by atoms with E-state index in [1.165, 1.54) is 5.56 Å². The normalized spacial score (nSPS) is 19.2. The number of fused-ring (bicyclic) bond motifs is 1. The highest BCUT2D eigenvalue weighted by Crippen LogP contribution is 2.36. The highest BCUT2D eigenvalue weighted by Gasteiger charge is 2.31. The van der Waals surface area contributed by atoms with Gasteiger partial charge in [-0.25, -0.2) is 4.98 Å². The number of benzene rings is 1. The minimum absolute atomic E-state index is 0.170. The molecule has 3 aromatic rings. The van der Waals surface area contributed by atoms with Gasteiger partial charge in [-0.15, -0.1) is 11.8 Å². The number of carboxylic acids is 1. The number of ether oxygens (including phenoxy) is 1. The van der Waals surface area contributed by atoms with E-state index in [2.05, 4.69) is 46.0 Å². The van der Waals surface area contributed by atoms with Crippen molar-refractivity contribution in [1.29, 1.82) is 0 Å². The molecule has 198 valence electrons. The average molecular weight is 523 g/mol. The van der Waals surface area contributed by atoms with Crippen molar-refractivity contribution in [3.63, 3.8) is 0 Å². The third-order valence-corrected chi connectivity index (χ3v) is 8.41. The molecule has 4 rings (SSSR count). The molecule has 0 radical (unpaired) electrons. The van der Waals surface area contributed by atoms with Crippen LogP contribution in [0.15, 0.2) is 59.9 Å². The molecule has 37 heavy (non-hydrogen) atoms. The largest absolute Gasteiger partial charge is 0.497 e. The number of thioether (sulfide) groups is 1. The van der Waals surface area contributed by atoms with Crippen molar-refractivity contribution in [1.82, 2.24) is 19.8 Å². The van der Waals surface area contributed by atoms with E-state index < -0.39 is 5.97 Å². The van der Waals surface area contributed by atoms with Gasteiger partial charge in [-0.05, 0) is 93.7 Å². The topological polar surface area (TPSA) is 78.8 Å². The molecule has 1 aliphatic rings. The number of carboxylic acid groups (broad SMARTS) is 1. The zero-order chi connectivity index (χ0) is 26.2. The van der Waals surface area contributed by atoms with Crippen molar-refractivity contribution in [2.45, 2.75) is 36.8 Å². The fourth-order valence-electron chi connectivity index (χ4n) is 5.53. The first-order valence-corrected chi connectivity index (χ1v) is 14.0. The van der Waals surface area contributed by atoms with Gasteiger partial charge in [0.1, 0.15) is 5.75 Å². The number of pyridine rings is 2. The summed E-state index contributed by atoms with van der Waals surface area (Å²) in [6.45, 7) is 2.82. The molecule has 0 amide bonds. The molecular formula is C29H38N4O3S. The van der Waals surface area contributed by atoms with Gasteiger partial charge in [0.15, 0.2) is 0 Å². The molecule has 7 nitrogen and oxygen atoms in total. The monoisotopic (exact) mass is 522 g/mol. The Hall–Kier alpha value is -2.68. The summed E-state index contributed by atoms with van der Waals surface area (Å²) >= 11 is 1.76. The summed E-state index contributed by atoms with van der Waals surface area (Å²) in [5.74, 6) is 1.66. The maximum Gasteiger partial charge on any atom is 0.303 e. The van der Waals surface area contributed by atoms with E-state index in [1.807, 2.05) is 42.7 Å². The maximum atomic E-state index is 11.7. The Kier molecular flexibility index (Phi) is 9.77. The molecule has 1 aromatic carbocycles. The molecule has 1 fully saturated rings. The number of hydrogen-bond donors (Lipinski definition) is 1. The molecule has 1 saturated heterocycles. The second-order valence-corrected chi connectivity index (χ2v) is 11.2. The van der Waals surface area contributed by atoms with Crippen molar-refractivity contribution < 1.29 is 14.6 Å². The molecule has 0 spiro atoms. The van der Waals surface area contributed by atoms with Crippen molar-refractivity contribution in [2.24, 2.45) is 11.8 Å². The minimum atomic E-state index is -0.698. The summed E-state index contributed by atoms with van der Waals surface area (Å²) in [5, 5.41) is 11.8. The zero-order valence-corrected chi connectivity index (χ0v) is 22.9. The SMILES string of the molecule is COc1ccc2nccc([C@H](CC[C@@H]3CCN(CCSc4ccccn4)C[C@@H]3CC(=O)O)N(C)C)c2c1. The molecule has 8 heteroatoms. The van der Waals surface area contributed by atoms with Gasteiger partial charge in [0, 0.05) is 49.1 Å². The van der Waals surface area contributed by atoms with Gasteiger partial charge in [0.05, 0.1) is 17.7 Å². The Balaban J connectivity index is 1.41. The molecule has 0 unspecified atom stereocenters. The van der Waals surface area contributed by atoms with Crippen LogP contribution in [0.1, 0.15) is 37.3 Å². The number of carbonyl (C=O) groups is 1. The molecular weight excluding hydrogens is 484 g/mol. The minimum Gasteiger partial charge on any atom is -0.497 e. The van der Waals surface area contributed by atoms with E-state index in [0.29, 0.717) is 5.92 Å². The molecule has 0 saturated carbocycles. The van der Waals surface area contributed by atoms with Crippen LogP contribution in [0.3, 0.4) is 0 Å². The summed E-state index contributed by atoms with van der Waals surface area (Å²) in [7, 11) is 5.92. The molecule has 3 heterocycles. The van der Waals surface area contributed by atoms with E-state index in [1.54, 1.807) is 18.9 Å². The number of likely N-dealkylation sites (tertiary alicyclic amines) is 1. The number of piperidine rings is 1. The lowest BCUT2D eigenvalue weighted by Crippen LogP contribution is -2.42. The van der Waals surface area contributed by atoms with Crippen molar-refractivity contribution >= 4 is 28.6 Å². The molecule has 3 atom stereocenters. The Morgan fingerprint density at radius 3 is 2.78 bits per heavy atom. The van der Waals surface area contributed by atoms with Crippen LogP contribution in [0.4, 0.5) is 0 Å². The summed E-state index contributed by atoms with van der Waals surface area (Å²) in [6, 6.07) is 14.3. The first kappa shape index (κ1) is 27.4. The predicted molar refractivity (Wildman–Crippen MR) is 149 cm³/mol. The summed E-state index contributed by atoms with van der Waals surface area (Å²) in [5.41, 5.74) is 2.21. The molecule has 0 aliphatic carbocycles. The van der Waals surface area contributed by atoms with E-state index in [0.717, 1.165) is 66.3 Å². The maximum absolute atomic E-state index is 11.7. The van der Waals surface area contributed by atoms with Gasteiger partial charge < -0.3 is 19.6 Å². The lowest BCUT2D eigenvalue weighted by Gasteiger charge is -2.39. The van der Waals surface area contributed by atoms with Crippen LogP contribution in [0, 0.1) is 11.8 Å². The molecule has 0 bridgehead atoms. The van der Waals surface area contributed by atoms with E-state index in [9.17, 15) is 9.90 Å². The summed E-state index contributed by atoms with van der Waals surface area (Å²) in [6.07, 6.45) is 6.96. The number of hydrogen-bond acceptors (Lipinski definition) is 7. The molecule has 2 aromatic heterocycles. The van der Waals surface area contributed by atoms with Crippen molar-refractivity contribution in [3.05, 3.63) is 60.4 Å². The third kappa shape index (κ3) is 7.43. The van der Waals surface area contributed by atoms with Gasteiger partial charge in [-0.1, -0.05) is 6.07 Å². The van der Waals surface area contributed by atoms with Crippen LogP contribution in [0.2, 0.25) is 0 Å². The van der Waals surface area contributed by atoms with Crippen LogP contribution < -0.4 is 4.74 Å². The number of methoxy groups -OCH3 is 1. The quantitative estimate of drug-likeness (QED) is 0.324. The second kappa shape index (κ2) is 13.2. The standard InChI is InChI=1S/C29H38N4O3S/c1-32(2)27(24-11-14-30-26-9-8-23(36-3)19-25(24)26)10-7-21-12-15-33(20-22(21)18-29(34)35)16-17-37-28-6-4-5-13-31-28/h4-6,8-9,11,13-14,19,21-22,27H,7,10,12,15-18,20H2,1-3H3,(H,34,35)/t21-,22+,27+/m1/s1. The summed E-state index contributed by atoms with van der Waals surface area (Å²) < 4.78 is 5.48. The zero-order valence-electron chi connectivity index (χ0n) is 22.0. The lowest BCUT2D eigenvalue weighted by atomic mass is 9.79. The number of rotatable bonds is 12. The smallest absolute Gasteiger partial charge is 0.303 e. The Morgan fingerprint density at radius 2 is 2.05 bits per heavy atom. The van der Waals surface area contributed by atoms with E-state index >= 15 is 0 Å². The second-order valence-electron chi connectivity index (χ2n) is 10.1. The van der Waals surface area contributed by atoms with Gasteiger partial charge in [-0.2, -0.15) is 0 Å². The van der Waals surface area contributed by atoms with E-state index in [4.69, 9.17) is 4.74 Å². The molecule has 1 aliphatic heterocycles. The molecule has 1 N–H and O–H groups in total. The Morgan fingerprint density at radius 1 is 1.19 bits per heavy atom. The third-order valence-electron chi connectivity index (χ3n) is 7.48. The van der Waals surface area contributed by atoms with Gasteiger partial charge >= 0.3 is 5.97 Å². The average Bonchev–Trinajstić information content (AvgIpc) is 2.89. The number of aliphatic carboxylic acids is 1. The predicted octanol–water partition coefficient (Wildman–Crippen LogP) is 5.23. The van der Waals surface area contributed by atoms with Crippen LogP contribution >= 0.6 is 11.8 Å². The van der Waals surface area contributed by atoms with Gasteiger partial charge in [0.2, 0.25) is 0 Å². The first-order chi connectivity index (χ1) is 17.9. The fraction of sp³-hybridized carbons (Fsp3) is 0.483. The van der Waals surface area contributed by atoms with Crippen molar-refractivity contribution in [3.8, 4) is 5.75 Å². The van der Waals surface area contributed by atoms with Crippen LogP contribution in [-0.4, -0.2) is 77.4 Å². The van der Waals surface area contributed by atoms with Crippen LogP contribution in [-0.2, 0) is 4.79 Å². The van der Waals surface area contributed by atoms with Crippen LogP contribution in [0.5, 0.6) is 5.75 Å². The van der Waals surface area contributed by atoms with Gasteiger partial charge in [-0.3, -0.25) is 9.78 Å². The Labute approximate surface area is 224 Å².